The lowest BCUT2D eigenvalue weighted by Crippen LogP contribution is -2.34. The third-order valence-corrected chi connectivity index (χ3v) is 4.63. The molecule has 1 aliphatic heterocycles. The minimum absolute atomic E-state index is 0.208. The van der Waals surface area contributed by atoms with Gasteiger partial charge in [0.1, 0.15) is 6.54 Å². The Kier molecular flexibility index (Phi) is 4.94. The molecule has 0 bridgehead atoms. The minimum Gasteiger partial charge on any atom is -0.340 e. The first kappa shape index (κ1) is 18.9. The van der Waals surface area contributed by atoms with E-state index in [4.69, 9.17) is 0 Å². The summed E-state index contributed by atoms with van der Waals surface area (Å²) < 4.78 is 40.3. The maximum atomic E-state index is 12.6. The van der Waals surface area contributed by atoms with Gasteiger partial charge in [0.2, 0.25) is 11.8 Å². The van der Waals surface area contributed by atoms with E-state index in [0.29, 0.717) is 18.7 Å². The molecule has 1 aliphatic rings. The first-order valence-electron chi connectivity index (χ1n) is 8.33. The number of nitrogens with zero attached hydrogens (tertiary/aromatic N) is 5. The molecule has 8 nitrogen and oxygen atoms in total. The highest BCUT2D eigenvalue weighted by molar-refractivity contribution is 5.93. The van der Waals surface area contributed by atoms with Gasteiger partial charge in [-0.15, -0.1) is 0 Å². The zero-order valence-corrected chi connectivity index (χ0v) is 14.8. The molecule has 0 spiro atoms. The molecule has 0 radical (unpaired) electrons. The van der Waals surface area contributed by atoms with Gasteiger partial charge < -0.3 is 10.2 Å². The van der Waals surface area contributed by atoms with Crippen LogP contribution in [0.4, 0.5) is 18.9 Å². The maximum Gasteiger partial charge on any atom is 0.435 e. The van der Waals surface area contributed by atoms with Crippen LogP contribution in [0.15, 0.2) is 18.5 Å². The number of carbonyl (C=O) groups excluding carboxylic acids is 2. The number of hydrogen-bond donors (Lipinski definition) is 1. The van der Waals surface area contributed by atoms with E-state index in [1.165, 1.54) is 4.90 Å². The van der Waals surface area contributed by atoms with Gasteiger partial charge in [-0.3, -0.25) is 19.0 Å². The molecule has 3 heterocycles. The number of alkyl halides is 3. The number of nitrogens with one attached hydrogen (secondary N) is 1. The molecule has 2 aromatic heterocycles. The molecule has 0 aromatic carbocycles. The Morgan fingerprint density at radius 1 is 1.37 bits per heavy atom. The van der Waals surface area contributed by atoms with Crippen molar-refractivity contribution in [1.29, 1.82) is 0 Å². The molecule has 0 aliphatic carbocycles. The Labute approximate surface area is 152 Å². The normalized spacial score (nSPS) is 17.4. The maximum absolute atomic E-state index is 12.6. The van der Waals surface area contributed by atoms with Crippen LogP contribution >= 0.6 is 0 Å². The molecule has 3 rings (SSSR count). The Morgan fingerprint density at radius 3 is 2.70 bits per heavy atom. The fraction of sp³-hybridized carbons (Fsp3) is 0.500. The number of likely N-dealkylation sites (tertiary alicyclic amines) is 1. The van der Waals surface area contributed by atoms with Crippen LogP contribution in [0.3, 0.4) is 0 Å². The summed E-state index contributed by atoms with van der Waals surface area (Å²) >= 11 is 0. The summed E-state index contributed by atoms with van der Waals surface area (Å²) in [5.74, 6) is -0.962. The van der Waals surface area contributed by atoms with Gasteiger partial charge in [-0.1, -0.05) is 0 Å². The predicted octanol–water partition coefficient (Wildman–Crippen LogP) is 1.43. The fourth-order valence-electron chi connectivity index (χ4n) is 2.90. The van der Waals surface area contributed by atoms with Crippen LogP contribution in [0.1, 0.15) is 17.8 Å². The second kappa shape index (κ2) is 7.05. The largest absolute Gasteiger partial charge is 0.435 e. The number of rotatable bonds is 4. The topological polar surface area (TPSA) is 85.1 Å². The average molecular weight is 384 g/mol. The summed E-state index contributed by atoms with van der Waals surface area (Å²) in [5, 5.41) is 10.2. The molecule has 1 atom stereocenters. The third kappa shape index (κ3) is 4.12. The second-order valence-corrected chi connectivity index (χ2v) is 6.48. The monoisotopic (exact) mass is 384 g/mol. The van der Waals surface area contributed by atoms with Crippen LogP contribution < -0.4 is 5.32 Å². The fourth-order valence-corrected chi connectivity index (χ4v) is 2.90. The van der Waals surface area contributed by atoms with Crippen LogP contribution in [0.25, 0.3) is 0 Å². The average Bonchev–Trinajstić information content (AvgIpc) is 3.31. The number of anilines is 1. The van der Waals surface area contributed by atoms with Crippen molar-refractivity contribution >= 4 is 17.5 Å². The van der Waals surface area contributed by atoms with Crippen molar-refractivity contribution in [2.45, 2.75) is 26.1 Å². The van der Waals surface area contributed by atoms with Crippen LogP contribution in [0, 0.1) is 12.8 Å². The van der Waals surface area contributed by atoms with E-state index in [0.717, 1.165) is 22.6 Å². The number of amides is 2. The summed E-state index contributed by atoms with van der Waals surface area (Å²) in [6.07, 6.45) is -1.38. The van der Waals surface area contributed by atoms with Crippen molar-refractivity contribution in [3.05, 3.63) is 29.8 Å². The van der Waals surface area contributed by atoms with E-state index in [1.807, 2.05) is 6.92 Å². The molecule has 2 amide bonds. The van der Waals surface area contributed by atoms with Crippen LogP contribution in [0.5, 0.6) is 0 Å². The van der Waals surface area contributed by atoms with Gasteiger partial charge in [0.25, 0.3) is 0 Å². The Balaban J connectivity index is 1.55. The molecule has 1 unspecified atom stereocenters. The number of carbonyl (C=O) groups is 2. The van der Waals surface area contributed by atoms with E-state index < -0.39 is 11.9 Å². The molecule has 27 heavy (non-hydrogen) atoms. The Bertz CT molecular complexity index is 857. The van der Waals surface area contributed by atoms with Crippen molar-refractivity contribution in [2.24, 2.45) is 13.0 Å². The van der Waals surface area contributed by atoms with Crippen molar-refractivity contribution in [3.8, 4) is 0 Å². The predicted molar refractivity (Wildman–Crippen MR) is 88.5 cm³/mol. The lowest BCUT2D eigenvalue weighted by Gasteiger charge is -2.16. The molecule has 11 heteroatoms. The van der Waals surface area contributed by atoms with Crippen LogP contribution in [-0.2, 0) is 29.4 Å². The molecule has 2 aromatic rings. The summed E-state index contributed by atoms with van der Waals surface area (Å²) in [5.41, 5.74) is 0.387. The Morgan fingerprint density at radius 2 is 2.11 bits per heavy atom. The van der Waals surface area contributed by atoms with Crippen LogP contribution in [0.2, 0.25) is 0 Å². The van der Waals surface area contributed by atoms with E-state index in [2.05, 4.69) is 15.5 Å². The van der Waals surface area contributed by atoms with Crippen LogP contribution in [-0.4, -0.2) is 49.4 Å². The summed E-state index contributed by atoms with van der Waals surface area (Å²) in [6.45, 7) is 2.12. The minimum atomic E-state index is -4.55. The van der Waals surface area contributed by atoms with Gasteiger partial charge in [-0.2, -0.15) is 23.4 Å². The number of halogens is 3. The molecule has 1 fully saturated rings. The van der Waals surface area contributed by atoms with Crippen molar-refractivity contribution in [1.82, 2.24) is 24.5 Å². The smallest absolute Gasteiger partial charge is 0.340 e. The number of hydrogen-bond acceptors (Lipinski definition) is 4. The number of aryl methyl sites for hydroxylation is 1. The first-order valence-corrected chi connectivity index (χ1v) is 8.33. The third-order valence-electron chi connectivity index (χ3n) is 4.63. The van der Waals surface area contributed by atoms with Gasteiger partial charge in [0, 0.05) is 26.3 Å². The van der Waals surface area contributed by atoms with Gasteiger partial charge in [-0.05, 0) is 19.4 Å². The zero-order valence-electron chi connectivity index (χ0n) is 14.8. The highest BCUT2D eigenvalue weighted by Gasteiger charge is 2.34. The van der Waals surface area contributed by atoms with Crippen molar-refractivity contribution in [3.63, 3.8) is 0 Å². The first-order chi connectivity index (χ1) is 12.6. The van der Waals surface area contributed by atoms with Gasteiger partial charge in [-0.25, -0.2) is 0 Å². The molecule has 0 saturated carbocycles. The van der Waals surface area contributed by atoms with Gasteiger partial charge in [0.15, 0.2) is 5.69 Å². The van der Waals surface area contributed by atoms with Crippen molar-refractivity contribution in [2.75, 3.05) is 18.4 Å². The molecule has 146 valence electrons. The molecular weight excluding hydrogens is 365 g/mol. The van der Waals surface area contributed by atoms with Crippen molar-refractivity contribution < 1.29 is 22.8 Å². The van der Waals surface area contributed by atoms with Gasteiger partial charge in [0.05, 0.1) is 23.5 Å². The summed E-state index contributed by atoms with van der Waals surface area (Å²) in [7, 11) is 1.76. The van der Waals surface area contributed by atoms with E-state index in [-0.39, 0.29) is 30.8 Å². The zero-order chi connectivity index (χ0) is 19.8. The lowest BCUT2D eigenvalue weighted by molar-refractivity contribution is -0.142. The molecule has 1 saturated heterocycles. The van der Waals surface area contributed by atoms with Gasteiger partial charge >= 0.3 is 6.18 Å². The van der Waals surface area contributed by atoms with E-state index >= 15 is 0 Å². The molecule has 1 N–H and O–H groups in total. The summed E-state index contributed by atoms with van der Waals surface area (Å²) in [6, 6.07) is 0.823. The highest BCUT2D eigenvalue weighted by Crippen LogP contribution is 2.27. The Hall–Kier alpha value is -2.85. The lowest BCUT2D eigenvalue weighted by atomic mass is 10.1. The SMILES string of the molecule is Cc1c(NC(=O)C2CCN(C(=O)Cn3ccc(C(F)(F)F)n3)C2)cnn1C. The standard InChI is InChI=1S/C16H19F3N6O2/c1-10-12(7-20-23(10)2)21-15(27)11-3-5-24(8-11)14(26)9-25-6-4-13(22-25)16(17,18)19/h4,6-7,11H,3,5,8-9H2,1-2H3,(H,21,27). The second-order valence-electron chi connectivity index (χ2n) is 6.48. The quantitative estimate of drug-likeness (QED) is 0.864. The summed E-state index contributed by atoms with van der Waals surface area (Å²) in [4.78, 5) is 26.2. The highest BCUT2D eigenvalue weighted by atomic mass is 19.4. The molecular formula is C16H19F3N6O2. The van der Waals surface area contributed by atoms with E-state index in [1.54, 1.807) is 17.9 Å². The number of aromatic nitrogens is 4. The van der Waals surface area contributed by atoms with E-state index in [9.17, 15) is 22.8 Å².